The van der Waals surface area contributed by atoms with Crippen molar-refractivity contribution in [3.8, 4) is 0 Å². The zero-order valence-electron chi connectivity index (χ0n) is 15.5. The molecule has 9 nitrogen and oxygen atoms in total. The Morgan fingerprint density at radius 1 is 1.43 bits per heavy atom. The molecule has 0 bridgehead atoms. The summed E-state index contributed by atoms with van der Waals surface area (Å²) < 4.78 is 1.62. The molecule has 3 rings (SSSR count). The van der Waals surface area contributed by atoms with Gasteiger partial charge in [-0.15, -0.1) is 0 Å². The maximum absolute atomic E-state index is 12.1. The van der Waals surface area contributed by atoms with Crippen LogP contribution in [-0.4, -0.2) is 61.4 Å². The number of carbonyl (C=O) groups excluding carboxylic acids is 1. The molecular formula is C18H24ClN7O2. The third kappa shape index (κ3) is 4.99. The van der Waals surface area contributed by atoms with Crippen molar-refractivity contribution in [2.45, 2.75) is 31.8 Å². The first-order chi connectivity index (χ1) is 13.6. The van der Waals surface area contributed by atoms with E-state index in [0.29, 0.717) is 35.6 Å². The molecule has 28 heavy (non-hydrogen) atoms. The first-order valence-corrected chi connectivity index (χ1v) is 9.58. The summed E-state index contributed by atoms with van der Waals surface area (Å²) in [6.07, 6.45) is 9.26. The van der Waals surface area contributed by atoms with Gasteiger partial charge in [-0.25, -0.2) is 4.98 Å². The zero-order valence-corrected chi connectivity index (χ0v) is 16.3. The number of anilines is 3. The Labute approximate surface area is 168 Å². The second-order valence-electron chi connectivity index (χ2n) is 6.50. The molecule has 1 saturated heterocycles. The molecule has 1 fully saturated rings. The number of amides is 1. The number of hydrogen-bond donors (Lipinski definition) is 3. The van der Waals surface area contributed by atoms with Crippen LogP contribution < -0.4 is 10.6 Å². The Morgan fingerprint density at radius 2 is 2.29 bits per heavy atom. The Hall–Kier alpha value is -2.65. The van der Waals surface area contributed by atoms with Crippen LogP contribution in [-0.2, 0) is 11.3 Å². The fourth-order valence-corrected chi connectivity index (χ4v) is 3.33. The minimum Gasteiger partial charge on any atom is -0.394 e. The van der Waals surface area contributed by atoms with Gasteiger partial charge in [0.25, 0.3) is 0 Å². The third-order valence-corrected chi connectivity index (χ3v) is 4.83. The number of aliphatic hydroxyl groups is 1. The van der Waals surface area contributed by atoms with Crippen molar-refractivity contribution in [1.29, 1.82) is 0 Å². The molecule has 2 aromatic heterocycles. The molecule has 0 aromatic carbocycles. The largest absolute Gasteiger partial charge is 0.394 e. The Balaban J connectivity index is 1.65. The predicted molar refractivity (Wildman–Crippen MR) is 108 cm³/mol. The quantitative estimate of drug-likeness (QED) is 0.576. The second kappa shape index (κ2) is 9.52. The maximum Gasteiger partial charge on any atom is 0.246 e. The van der Waals surface area contributed by atoms with Crippen LogP contribution in [0, 0.1) is 0 Å². The summed E-state index contributed by atoms with van der Waals surface area (Å²) in [5.41, 5.74) is 0.705. The van der Waals surface area contributed by atoms with Crippen molar-refractivity contribution in [3.05, 3.63) is 36.3 Å². The zero-order chi connectivity index (χ0) is 19.9. The first-order valence-electron chi connectivity index (χ1n) is 9.20. The highest BCUT2D eigenvalue weighted by Gasteiger charge is 2.25. The van der Waals surface area contributed by atoms with Crippen LogP contribution in [0.25, 0.3) is 0 Å². The number of carbonyl (C=O) groups is 1. The third-order valence-electron chi connectivity index (χ3n) is 4.55. The lowest BCUT2D eigenvalue weighted by Crippen LogP contribution is -2.46. The van der Waals surface area contributed by atoms with Gasteiger partial charge >= 0.3 is 0 Å². The van der Waals surface area contributed by atoms with Gasteiger partial charge in [0.2, 0.25) is 11.9 Å². The van der Waals surface area contributed by atoms with Gasteiger partial charge in [-0.05, 0) is 25.3 Å². The molecule has 0 aliphatic carbocycles. The van der Waals surface area contributed by atoms with Gasteiger partial charge in [0, 0.05) is 25.3 Å². The van der Waals surface area contributed by atoms with Gasteiger partial charge in [-0.2, -0.15) is 10.1 Å². The van der Waals surface area contributed by atoms with E-state index in [1.165, 1.54) is 12.3 Å². The SMILES string of the molecule is C=CC(=O)N1CCCC[C@@H]1CNc1nc(Nc2cnn(CCO)c2)ncc1Cl. The van der Waals surface area contributed by atoms with Crippen LogP contribution in [0.4, 0.5) is 17.5 Å². The summed E-state index contributed by atoms with van der Waals surface area (Å²) in [6.45, 7) is 5.29. The van der Waals surface area contributed by atoms with E-state index in [1.807, 2.05) is 4.90 Å². The molecule has 1 aliphatic rings. The van der Waals surface area contributed by atoms with E-state index >= 15 is 0 Å². The van der Waals surface area contributed by atoms with Crippen molar-refractivity contribution in [3.63, 3.8) is 0 Å². The van der Waals surface area contributed by atoms with Crippen LogP contribution in [0.15, 0.2) is 31.2 Å². The molecule has 1 aliphatic heterocycles. The molecule has 3 N–H and O–H groups in total. The lowest BCUT2D eigenvalue weighted by Gasteiger charge is -2.35. The average Bonchev–Trinajstić information content (AvgIpc) is 3.15. The van der Waals surface area contributed by atoms with E-state index in [9.17, 15) is 4.79 Å². The summed E-state index contributed by atoms with van der Waals surface area (Å²) >= 11 is 6.23. The topological polar surface area (TPSA) is 108 Å². The highest BCUT2D eigenvalue weighted by Crippen LogP contribution is 2.23. The van der Waals surface area contributed by atoms with Gasteiger partial charge in [0.15, 0.2) is 5.82 Å². The minimum absolute atomic E-state index is 0.0131. The maximum atomic E-state index is 12.1. The number of rotatable bonds is 8. The highest BCUT2D eigenvalue weighted by molar-refractivity contribution is 6.32. The highest BCUT2D eigenvalue weighted by atomic mass is 35.5. The summed E-state index contributed by atoms with van der Waals surface area (Å²) in [5, 5.41) is 19.8. The van der Waals surface area contributed by atoms with E-state index < -0.39 is 0 Å². The van der Waals surface area contributed by atoms with E-state index in [-0.39, 0.29) is 18.6 Å². The van der Waals surface area contributed by atoms with Crippen molar-refractivity contribution >= 4 is 35.0 Å². The number of halogens is 1. The van der Waals surface area contributed by atoms with Crippen molar-refractivity contribution in [2.75, 3.05) is 30.3 Å². The summed E-state index contributed by atoms with van der Waals surface area (Å²) in [5.74, 6) is 0.819. The standard InChI is InChI=1S/C18H24ClN7O2/c1-2-16(28)26-6-4-3-5-14(26)10-20-17-15(19)11-21-18(24-17)23-13-9-22-25(12-13)7-8-27/h2,9,11-12,14,27H,1,3-8,10H2,(H2,20,21,23,24)/t14-/m1/s1. The normalized spacial score (nSPS) is 16.6. The molecule has 0 unspecified atom stereocenters. The van der Waals surface area contributed by atoms with Crippen LogP contribution in [0.1, 0.15) is 19.3 Å². The molecule has 0 radical (unpaired) electrons. The van der Waals surface area contributed by atoms with Gasteiger partial charge in [-0.1, -0.05) is 18.2 Å². The fraction of sp³-hybridized carbons (Fsp3) is 0.444. The molecule has 1 atom stereocenters. The van der Waals surface area contributed by atoms with Gasteiger partial charge in [-0.3, -0.25) is 9.48 Å². The van der Waals surface area contributed by atoms with Crippen LogP contribution in [0.3, 0.4) is 0 Å². The number of aromatic nitrogens is 4. The first kappa shape index (κ1) is 20.1. The van der Waals surface area contributed by atoms with Crippen molar-refractivity contribution in [2.24, 2.45) is 0 Å². The fourth-order valence-electron chi connectivity index (χ4n) is 3.17. The number of nitrogens with one attached hydrogen (secondary N) is 2. The molecule has 10 heteroatoms. The monoisotopic (exact) mass is 405 g/mol. The molecular weight excluding hydrogens is 382 g/mol. The molecule has 1 amide bonds. The number of hydrogen-bond acceptors (Lipinski definition) is 7. The Kier molecular flexibility index (Phi) is 6.83. The molecule has 3 heterocycles. The number of likely N-dealkylation sites (tertiary alicyclic amines) is 1. The van der Waals surface area contributed by atoms with Gasteiger partial charge in [0.05, 0.1) is 31.2 Å². The van der Waals surface area contributed by atoms with Crippen molar-refractivity contribution < 1.29 is 9.90 Å². The lowest BCUT2D eigenvalue weighted by atomic mass is 10.0. The number of nitrogens with zero attached hydrogens (tertiary/aromatic N) is 5. The lowest BCUT2D eigenvalue weighted by molar-refractivity contribution is -0.129. The summed E-state index contributed by atoms with van der Waals surface area (Å²) in [4.78, 5) is 22.5. The Bertz CT molecular complexity index is 826. The summed E-state index contributed by atoms with van der Waals surface area (Å²) in [6, 6.07) is 0.0680. The van der Waals surface area contributed by atoms with Crippen LogP contribution in [0.5, 0.6) is 0 Å². The molecule has 0 spiro atoms. The second-order valence-corrected chi connectivity index (χ2v) is 6.90. The molecule has 2 aromatic rings. The summed E-state index contributed by atoms with van der Waals surface area (Å²) in [7, 11) is 0. The van der Waals surface area contributed by atoms with E-state index in [0.717, 1.165) is 25.8 Å². The van der Waals surface area contributed by atoms with E-state index in [2.05, 4.69) is 32.3 Å². The molecule has 150 valence electrons. The van der Waals surface area contributed by atoms with Gasteiger partial charge in [0.1, 0.15) is 5.02 Å². The minimum atomic E-state index is -0.0532. The molecule has 0 saturated carbocycles. The van der Waals surface area contributed by atoms with Crippen LogP contribution >= 0.6 is 11.6 Å². The predicted octanol–water partition coefficient (Wildman–Crippen LogP) is 2.04. The van der Waals surface area contributed by atoms with E-state index in [4.69, 9.17) is 16.7 Å². The van der Waals surface area contributed by atoms with Gasteiger partial charge < -0.3 is 20.6 Å². The number of aliphatic hydroxyl groups excluding tert-OH is 1. The smallest absolute Gasteiger partial charge is 0.246 e. The Morgan fingerprint density at radius 3 is 3.07 bits per heavy atom. The van der Waals surface area contributed by atoms with Crippen molar-refractivity contribution in [1.82, 2.24) is 24.6 Å². The van der Waals surface area contributed by atoms with E-state index in [1.54, 1.807) is 17.1 Å². The average molecular weight is 406 g/mol. The van der Waals surface area contributed by atoms with Crippen LogP contribution in [0.2, 0.25) is 5.02 Å². The number of piperidine rings is 1.